The van der Waals surface area contributed by atoms with Crippen molar-refractivity contribution in [3.8, 4) is 0 Å². The Bertz CT molecular complexity index is 415. The average molecular weight is 276 g/mol. The molecule has 0 saturated carbocycles. The van der Waals surface area contributed by atoms with Crippen LogP contribution in [-0.2, 0) is 19.1 Å². The second kappa shape index (κ2) is 7.68. The first kappa shape index (κ1) is 14.6. The number of hydrogen-bond donors (Lipinski definition) is 0. The van der Waals surface area contributed by atoms with Gasteiger partial charge in [-0.15, -0.1) is 0 Å². The first-order valence-electron chi connectivity index (χ1n) is 7.24. The van der Waals surface area contributed by atoms with Crippen LogP contribution in [0.1, 0.15) is 51.4 Å². The Hall–Kier alpha value is -1.84. The molecule has 0 saturated heterocycles. The minimum atomic E-state index is -0.521. The first-order chi connectivity index (χ1) is 9.74. The van der Waals surface area contributed by atoms with E-state index in [1.807, 2.05) is 12.2 Å². The molecule has 108 valence electrons. The standard InChI is InChI=1S/C16H20O4/c17-15(19-13-7-3-1-4-8-13)11-12-16(18)20-14-9-5-2-6-10-14/h7,9,11-12H,1-6,8,10H2/b12-11-. The van der Waals surface area contributed by atoms with Gasteiger partial charge in [0.2, 0.25) is 0 Å². The fraction of sp³-hybridized carbons (Fsp3) is 0.500. The van der Waals surface area contributed by atoms with Crippen molar-refractivity contribution in [3.63, 3.8) is 0 Å². The van der Waals surface area contributed by atoms with Gasteiger partial charge in [0.25, 0.3) is 0 Å². The van der Waals surface area contributed by atoms with Crippen LogP contribution in [0, 0.1) is 0 Å². The largest absolute Gasteiger partial charge is 0.428 e. The molecule has 0 spiro atoms. The summed E-state index contributed by atoms with van der Waals surface area (Å²) >= 11 is 0. The number of hydrogen-bond acceptors (Lipinski definition) is 4. The maximum atomic E-state index is 11.5. The smallest absolute Gasteiger partial charge is 0.336 e. The number of rotatable bonds is 4. The summed E-state index contributed by atoms with van der Waals surface area (Å²) in [6.07, 6.45) is 13.9. The molecular formula is C16H20O4. The summed E-state index contributed by atoms with van der Waals surface area (Å²) in [6.45, 7) is 0. The van der Waals surface area contributed by atoms with E-state index in [1.54, 1.807) is 0 Å². The molecule has 4 heteroatoms. The third-order valence-corrected chi connectivity index (χ3v) is 3.32. The molecule has 0 N–H and O–H groups in total. The summed E-state index contributed by atoms with van der Waals surface area (Å²) in [5.41, 5.74) is 0. The number of esters is 2. The van der Waals surface area contributed by atoms with Crippen molar-refractivity contribution in [2.75, 3.05) is 0 Å². The Balaban J connectivity index is 1.76. The molecule has 0 atom stereocenters. The molecule has 0 fully saturated rings. The van der Waals surface area contributed by atoms with Gasteiger partial charge in [0, 0.05) is 25.0 Å². The van der Waals surface area contributed by atoms with Gasteiger partial charge in [-0.3, -0.25) is 0 Å². The van der Waals surface area contributed by atoms with Gasteiger partial charge in [0.05, 0.1) is 0 Å². The van der Waals surface area contributed by atoms with Crippen LogP contribution < -0.4 is 0 Å². The lowest BCUT2D eigenvalue weighted by molar-refractivity contribution is -0.136. The molecule has 2 aliphatic carbocycles. The van der Waals surface area contributed by atoms with E-state index in [0.717, 1.165) is 63.5 Å². The molecule has 20 heavy (non-hydrogen) atoms. The third-order valence-electron chi connectivity index (χ3n) is 3.32. The Morgan fingerprint density at radius 2 is 1.25 bits per heavy atom. The van der Waals surface area contributed by atoms with E-state index in [1.165, 1.54) is 0 Å². The molecule has 0 heterocycles. The highest BCUT2D eigenvalue weighted by Gasteiger charge is 2.10. The fourth-order valence-corrected chi connectivity index (χ4v) is 2.27. The number of allylic oxidation sites excluding steroid dienone is 4. The van der Waals surface area contributed by atoms with E-state index in [4.69, 9.17) is 9.47 Å². The van der Waals surface area contributed by atoms with E-state index in [-0.39, 0.29) is 0 Å². The maximum absolute atomic E-state index is 11.5. The van der Waals surface area contributed by atoms with Crippen molar-refractivity contribution < 1.29 is 19.1 Å². The third kappa shape index (κ3) is 5.03. The van der Waals surface area contributed by atoms with Crippen molar-refractivity contribution in [1.29, 1.82) is 0 Å². The van der Waals surface area contributed by atoms with Crippen molar-refractivity contribution >= 4 is 11.9 Å². The minimum absolute atomic E-state index is 0.521. The first-order valence-corrected chi connectivity index (χ1v) is 7.24. The van der Waals surface area contributed by atoms with Crippen LogP contribution in [-0.4, -0.2) is 11.9 Å². The molecule has 0 aromatic heterocycles. The van der Waals surface area contributed by atoms with Gasteiger partial charge >= 0.3 is 11.9 Å². The quantitative estimate of drug-likeness (QED) is 0.582. The van der Waals surface area contributed by atoms with Gasteiger partial charge in [-0.05, 0) is 50.7 Å². The predicted octanol–water partition coefficient (Wildman–Crippen LogP) is 3.54. The fourth-order valence-electron chi connectivity index (χ4n) is 2.27. The lowest BCUT2D eigenvalue weighted by Crippen LogP contribution is -2.06. The van der Waals surface area contributed by atoms with E-state index < -0.39 is 11.9 Å². The summed E-state index contributed by atoms with van der Waals surface area (Å²) < 4.78 is 10.3. The monoisotopic (exact) mass is 276 g/mol. The Labute approximate surface area is 119 Å². The Morgan fingerprint density at radius 1 is 0.800 bits per heavy atom. The lowest BCUT2D eigenvalue weighted by atomic mass is 10.1. The van der Waals surface area contributed by atoms with Crippen LogP contribution in [0.15, 0.2) is 35.8 Å². The van der Waals surface area contributed by atoms with Gasteiger partial charge in [0.15, 0.2) is 0 Å². The van der Waals surface area contributed by atoms with Gasteiger partial charge in [0.1, 0.15) is 11.5 Å². The summed E-state index contributed by atoms with van der Waals surface area (Å²) in [4.78, 5) is 23.1. The van der Waals surface area contributed by atoms with Crippen molar-refractivity contribution in [2.45, 2.75) is 51.4 Å². The SMILES string of the molecule is O=C(/C=C\C(=O)OC1=CCCCC1)OC1=CCCCC1. The van der Waals surface area contributed by atoms with Gasteiger partial charge in [-0.25, -0.2) is 9.59 Å². The van der Waals surface area contributed by atoms with Crippen LogP contribution in [0.3, 0.4) is 0 Å². The number of carbonyl (C=O) groups is 2. The maximum Gasteiger partial charge on any atom is 0.336 e. The lowest BCUT2D eigenvalue weighted by Gasteiger charge is -2.12. The van der Waals surface area contributed by atoms with Crippen molar-refractivity contribution in [1.82, 2.24) is 0 Å². The van der Waals surface area contributed by atoms with E-state index >= 15 is 0 Å². The van der Waals surface area contributed by atoms with Crippen molar-refractivity contribution in [3.05, 3.63) is 35.8 Å². The minimum Gasteiger partial charge on any atom is -0.428 e. The second-order valence-electron chi connectivity index (χ2n) is 5.01. The zero-order valence-corrected chi connectivity index (χ0v) is 11.6. The number of carbonyl (C=O) groups excluding carboxylic acids is 2. The van der Waals surface area contributed by atoms with Crippen LogP contribution in [0.25, 0.3) is 0 Å². The Kier molecular flexibility index (Phi) is 5.59. The van der Waals surface area contributed by atoms with Gasteiger partial charge < -0.3 is 9.47 Å². The van der Waals surface area contributed by atoms with E-state index in [2.05, 4.69) is 0 Å². The van der Waals surface area contributed by atoms with Gasteiger partial charge in [-0.1, -0.05) is 0 Å². The summed E-state index contributed by atoms with van der Waals surface area (Å²) in [7, 11) is 0. The van der Waals surface area contributed by atoms with E-state index in [9.17, 15) is 9.59 Å². The molecule has 0 bridgehead atoms. The van der Waals surface area contributed by atoms with Crippen LogP contribution in [0.5, 0.6) is 0 Å². The van der Waals surface area contributed by atoms with Crippen LogP contribution >= 0.6 is 0 Å². The zero-order chi connectivity index (χ0) is 14.2. The average Bonchev–Trinajstić information content (AvgIpc) is 2.47. The molecule has 2 aliphatic rings. The highest BCUT2D eigenvalue weighted by Crippen LogP contribution is 2.19. The highest BCUT2D eigenvalue weighted by atomic mass is 16.5. The zero-order valence-electron chi connectivity index (χ0n) is 11.6. The Morgan fingerprint density at radius 3 is 1.60 bits per heavy atom. The van der Waals surface area contributed by atoms with Crippen molar-refractivity contribution in [2.24, 2.45) is 0 Å². The molecule has 0 amide bonds. The predicted molar refractivity (Wildman–Crippen MR) is 74.4 cm³/mol. The molecule has 2 rings (SSSR count). The second-order valence-corrected chi connectivity index (χ2v) is 5.01. The summed E-state index contributed by atoms with van der Waals surface area (Å²) in [5.74, 6) is 0.365. The molecule has 0 radical (unpaired) electrons. The summed E-state index contributed by atoms with van der Waals surface area (Å²) in [6, 6.07) is 0. The van der Waals surface area contributed by atoms with Gasteiger partial charge in [-0.2, -0.15) is 0 Å². The normalized spacial score (nSPS) is 19.2. The number of ether oxygens (including phenoxy) is 2. The molecule has 0 aromatic carbocycles. The molecule has 0 aromatic rings. The van der Waals surface area contributed by atoms with E-state index in [0.29, 0.717) is 11.5 Å². The molecule has 0 aliphatic heterocycles. The van der Waals surface area contributed by atoms with Crippen LogP contribution in [0.4, 0.5) is 0 Å². The van der Waals surface area contributed by atoms with Crippen LogP contribution in [0.2, 0.25) is 0 Å². The molecule has 4 nitrogen and oxygen atoms in total. The highest BCUT2D eigenvalue weighted by molar-refractivity contribution is 5.92. The molecule has 0 unspecified atom stereocenters. The topological polar surface area (TPSA) is 52.6 Å². The summed E-state index contributed by atoms with van der Waals surface area (Å²) in [5, 5.41) is 0. The molecular weight excluding hydrogens is 256 g/mol.